The molecule has 2 N–H and O–H groups in total. The SMILES string of the molecule is C[C@H](NC(=O)NCc1ccccn1)c1cccs1. The monoisotopic (exact) mass is 261 g/mol. The van der Waals surface area contributed by atoms with Crippen LogP contribution in [0.15, 0.2) is 41.9 Å². The highest BCUT2D eigenvalue weighted by molar-refractivity contribution is 7.10. The maximum atomic E-state index is 11.7. The van der Waals surface area contributed by atoms with Crippen molar-refractivity contribution in [2.75, 3.05) is 0 Å². The molecule has 4 nitrogen and oxygen atoms in total. The fourth-order valence-electron chi connectivity index (χ4n) is 1.53. The van der Waals surface area contributed by atoms with Gasteiger partial charge in [0.25, 0.3) is 0 Å². The molecule has 2 aromatic rings. The lowest BCUT2D eigenvalue weighted by molar-refractivity contribution is 0.237. The van der Waals surface area contributed by atoms with Gasteiger partial charge in [0.1, 0.15) is 0 Å². The molecule has 2 heterocycles. The first kappa shape index (κ1) is 12.6. The quantitative estimate of drug-likeness (QED) is 0.889. The van der Waals surface area contributed by atoms with Crippen LogP contribution in [0.3, 0.4) is 0 Å². The van der Waals surface area contributed by atoms with Gasteiger partial charge < -0.3 is 10.6 Å². The average Bonchev–Trinajstić information content (AvgIpc) is 2.91. The van der Waals surface area contributed by atoms with Crippen LogP contribution in [0, 0.1) is 0 Å². The number of rotatable bonds is 4. The fourth-order valence-corrected chi connectivity index (χ4v) is 2.26. The molecular formula is C13H15N3OS. The zero-order valence-corrected chi connectivity index (χ0v) is 10.9. The Morgan fingerprint density at radius 3 is 2.94 bits per heavy atom. The second kappa shape index (κ2) is 6.16. The number of hydrogen-bond donors (Lipinski definition) is 2. The molecule has 0 saturated heterocycles. The number of carbonyl (C=O) groups excluding carboxylic acids is 1. The Hall–Kier alpha value is -1.88. The molecule has 0 aliphatic carbocycles. The predicted octanol–water partition coefficient (Wildman–Crippen LogP) is 2.70. The number of nitrogens with zero attached hydrogens (tertiary/aromatic N) is 1. The largest absolute Gasteiger partial charge is 0.332 e. The summed E-state index contributed by atoms with van der Waals surface area (Å²) in [4.78, 5) is 17.0. The fraction of sp³-hybridized carbons (Fsp3) is 0.231. The molecule has 1 atom stereocenters. The summed E-state index contributed by atoms with van der Waals surface area (Å²) in [5.41, 5.74) is 0.844. The molecule has 0 fully saturated rings. The van der Waals surface area contributed by atoms with Crippen LogP contribution in [0.2, 0.25) is 0 Å². The third-order valence-electron chi connectivity index (χ3n) is 2.47. The number of thiophene rings is 1. The Morgan fingerprint density at radius 2 is 2.28 bits per heavy atom. The lowest BCUT2D eigenvalue weighted by atomic mass is 10.3. The van der Waals surface area contributed by atoms with Crippen LogP contribution in [-0.2, 0) is 6.54 Å². The van der Waals surface area contributed by atoms with Gasteiger partial charge >= 0.3 is 6.03 Å². The molecule has 0 unspecified atom stereocenters. The molecule has 0 saturated carbocycles. The van der Waals surface area contributed by atoms with Gasteiger partial charge in [0.15, 0.2) is 0 Å². The highest BCUT2D eigenvalue weighted by Gasteiger charge is 2.09. The van der Waals surface area contributed by atoms with Crippen molar-refractivity contribution in [1.29, 1.82) is 0 Å². The summed E-state index contributed by atoms with van der Waals surface area (Å²) in [5, 5.41) is 7.67. The van der Waals surface area contributed by atoms with E-state index in [0.29, 0.717) is 6.54 Å². The highest BCUT2D eigenvalue weighted by Crippen LogP contribution is 2.17. The Morgan fingerprint density at radius 1 is 1.39 bits per heavy atom. The summed E-state index contributed by atoms with van der Waals surface area (Å²) in [6.07, 6.45) is 1.71. The smallest absolute Gasteiger partial charge is 0.315 e. The molecule has 0 aliphatic rings. The van der Waals surface area contributed by atoms with Gasteiger partial charge in [-0.15, -0.1) is 11.3 Å². The minimum atomic E-state index is -0.179. The molecule has 0 aliphatic heterocycles. The second-order valence-corrected chi connectivity index (χ2v) is 4.86. The number of amides is 2. The minimum Gasteiger partial charge on any atom is -0.332 e. The molecule has 2 rings (SSSR count). The summed E-state index contributed by atoms with van der Waals surface area (Å²) < 4.78 is 0. The van der Waals surface area contributed by atoms with Crippen LogP contribution < -0.4 is 10.6 Å². The van der Waals surface area contributed by atoms with E-state index in [1.54, 1.807) is 17.5 Å². The van der Waals surface area contributed by atoms with Crippen molar-refractivity contribution in [2.24, 2.45) is 0 Å². The number of pyridine rings is 1. The summed E-state index contributed by atoms with van der Waals surface area (Å²) in [7, 11) is 0. The van der Waals surface area contributed by atoms with Crippen molar-refractivity contribution in [3.63, 3.8) is 0 Å². The summed E-state index contributed by atoms with van der Waals surface area (Å²) in [6.45, 7) is 2.40. The van der Waals surface area contributed by atoms with Crippen molar-refractivity contribution < 1.29 is 4.79 Å². The van der Waals surface area contributed by atoms with Gasteiger partial charge in [-0.3, -0.25) is 4.98 Å². The molecule has 0 spiro atoms. The molecule has 0 bridgehead atoms. The summed E-state index contributed by atoms with van der Waals surface area (Å²) >= 11 is 1.63. The summed E-state index contributed by atoms with van der Waals surface area (Å²) in [6, 6.07) is 9.45. The Labute approximate surface area is 110 Å². The number of aromatic nitrogens is 1. The number of nitrogens with one attached hydrogen (secondary N) is 2. The maximum absolute atomic E-state index is 11.7. The van der Waals surface area contributed by atoms with Crippen molar-refractivity contribution in [3.05, 3.63) is 52.5 Å². The Balaban J connectivity index is 1.79. The van der Waals surface area contributed by atoms with E-state index in [9.17, 15) is 4.79 Å². The zero-order valence-electron chi connectivity index (χ0n) is 10.1. The van der Waals surface area contributed by atoms with E-state index in [1.807, 2.05) is 42.6 Å². The second-order valence-electron chi connectivity index (χ2n) is 3.89. The first-order chi connectivity index (χ1) is 8.75. The van der Waals surface area contributed by atoms with E-state index in [0.717, 1.165) is 10.6 Å². The van der Waals surface area contributed by atoms with Crippen molar-refractivity contribution in [1.82, 2.24) is 15.6 Å². The van der Waals surface area contributed by atoms with Crippen LogP contribution in [0.25, 0.3) is 0 Å². The van der Waals surface area contributed by atoms with Gasteiger partial charge in [-0.2, -0.15) is 0 Å². The molecular weight excluding hydrogens is 246 g/mol. The van der Waals surface area contributed by atoms with Crippen molar-refractivity contribution in [3.8, 4) is 0 Å². The van der Waals surface area contributed by atoms with Gasteiger partial charge in [-0.1, -0.05) is 12.1 Å². The third-order valence-corrected chi connectivity index (χ3v) is 3.53. The lowest BCUT2D eigenvalue weighted by Crippen LogP contribution is -2.36. The Kier molecular flexibility index (Phi) is 4.30. The van der Waals surface area contributed by atoms with E-state index in [1.165, 1.54) is 0 Å². The summed E-state index contributed by atoms with van der Waals surface area (Å²) in [5.74, 6) is 0. The maximum Gasteiger partial charge on any atom is 0.315 e. The normalized spacial score (nSPS) is 11.8. The van der Waals surface area contributed by atoms with Crippen LogP contribution in [-0.4, -0.2) is 11.0 Å². The van der Waals surface area contributed by atoms with Crippen LogP contribution in [0.5, 0.6) is 0 Å². The minimum absolute atomic E-state index is 0.0220. The molecule has 94 valence electrons. The van der Waals surface area contributed by atoms with Gasteiger partial charge in [0.2, 0.25) is 0 Å². The predicted molar refractivity (Wildman–Crippen MR) is 72.3 cm³/mol. The van der Waals surface area contributed by atoms with Crippen LogP contribution in [0.1, 0.15) is 23.5 Å². The first-order valence-corrected chi connectivity index (χ1v) is 6.61. The molecule has 2 aromatic heterocycles. The van der Waals surface area contributed by atoms with Gasteiger partial charge in [0.05, 0.1) is 18.3 Å². The van der Waals surface area contributed by atoms with Crippen molar-refractivity contribution >= 4 is 17.4 Å². The standard InChI is InChI=1S/C13H15N3OS/c1-10(12-6-4-8-18-12)16-13(17)15-9-11-5-2-3-7-14-11/h2-8,10H,9H2,1H3,(H2,15,16,17)/t10-/m0/s1. The van der Waals surface area contributed by atoms with E-state index in [-0.39, 0.29) is 12.1 Å². The molecule has 5 heteroatoms. The topological polar surface area (TPSA) is 54.0 Å². The molecule has 18 heavy (non-hydrogen) atoms. The van der Waals surface area contributed by atoms with E-state index in [2.05, 4.69) is 15.6 Å². The van der Waals surface area contributed by atoms with Crippen molar-refractivity contribution in [2.45, 2.75) is 19.5 Å². The average molecular weight is 261 g/mol. The van der Waals surface area contributed by atoms with Gasteiger partial charge in [-0.05, 0) is 30.5 Å². The highest BCUT2D eigenvalue weighted by atomic mass is 32.1. The zero-order chi connectivity index (χ0) is 12.8. The molecule has 0 radical (unpaired) electrons. The molecule has 2 amide bonds. The third kappa shape index (κ3) is 3.56. The van der Waals surface area contributed by atoms with E-state index < -0.39 is 0 Å². The number of urea groups is 1. The first-order valence-electron chi connectivity index (χ1n) is 5.73. The van der Waals surface area contributed by atoms with Gasteiger partial charge in [0, 0.05) is 11.1 Å². The van der Waals surface area contributed by atoms with Gasteiger partial charge in [-0.25, -0.2) is 4.79 Å². The molecule has 0 aromatic carbocycles. The van der Waals surface area contributed by atoms with E-state index >= 15 is 0 Å². The lowest BCUT2D eigenvalue weighted by Gasteiger charge is -2.12. The van der Waals surface area contributed by atoms with E-state index in [4.69, 9.17) is 0 Å². The van der Waals surface area contributed by atoms with Crippen LogP contribution >= 0.6 is 11.3 Å². The van der Waals surface area contributed by atoms with Crippen LogP contribution in [0.4, 0.5) is 4.79 Å². The Bertz CT molecular complexity index is 484. The number of hydrogen-bond acceptors (Lipinski definition) is 3. The number of carbonyl (C=O) groups is 1.